The number of nitrogens with one attached hydrogen (secondary N) is 1. The van der Waals surface area contributed by atoms with Crippen LogP contribution in [0.4, 0.5) is 0 Å². The number of hydrogen-bond donors (Lipinski definition) is 4. The third-order valence-electron chi connectivity index (χ3n) is 15.2. The monoisotopic (exact) mass is 702 g/mol. The van der Waals surface area contributed by atoms with Gasteiger partial charge in [0.1, 0.15) is 0 Å². The van der Waals surface area contributed by atoms with E-state index in [-0.39, 0.29) is 53.1 Å². The van der Waals surface area contributed by atoms with Gasteiger partial charge in [-0.25, -0.2) is 0 Å². The smallest absolute Gasteiger partial charge is 0.303 e. The van der Waals surface area contributed by atoms with Gasteiger partial charge in [0.25, 0.3) is 0 Å². The third kappa shape index (κ3) is 10.7. The molecule has 4 aliphatic carbocycles. The molecule has 0 spiro atoms. The fourth-order valence-corrected chi connectivity index (χ4v) is 12.1. The van der Waals surface area contributed by atoms with Gasteiger partial charge in [0, 0.05) is 18.9 Å². The number of hydrogen-bond acceptors (Lipinski definition) is 4. The van der Waals surface area contributed by atoms with Crippen molar-refractivity contribution in [1.29, 1.82) is 0 Å². The van der Waals surface area contributed by atoms with Gasteiger partial charge >= 0.3 is 5.97 Å². The van der Waals surface area contributed by atoms with Gasteiger partial charge in [0.2, 0.25) is 5.91 Å². The van der Waals surface area contributed by atoms with Crippen LogP contribution in [0.15, 0.2) is 0 Å². The van der Waals surface area contributed by atoms with Crippen molar-refractivity contribution in [2.45, 2.75) is 219 Å². The number of unbranched alkanes of at least 4 members (excludes halogenated alkanes) is 16. The molecule has 4 saturated carbocycles. The second kappa shape index (κ2) is 20.4. The summed E-state index contributed by atoms with van der Waals surface area (Å²) in [5, 5.41) is 36.2. The van der Waals surface area contributed by atoms with E-state index in [1.807, 2.05) is 0 Å². The van der Waals surface area contributed by atoms with Crippen LogP contribution < -0.4 is 5.32 Å². The highest BCUT2D eigenvalue weighted by Crippen LogP contribution is 2.68. The van der Waals surface area contributed by atoms with E-state index in [1.165, 1.54) is 96.3 Å². The molecule has 0 heterocycles. The number of aliphatic hydroxyl groups is 2. The molecular formula is C44H79NO5. The number of rotatable bonds is 23. The number of fused-ring (bicyclic) bond motifs is 5. The van der Waals surface area contributed by atoms with Crippen molar-refractivity contribution in [1.82, 2.24) is 5.32 Å². The number of carbonyl (C=O) groups excluding carboxylic acids is 1. The zero-order valence-electron chi connectivity index (χ0n) is 32.9. The van der Waals surface area contributed by atoms with Crippen LogP contribution in [0.5, 0.6) is 0 Å². The first-order valence-corrected chi connectivity index (χ1v) is 21.9. The summed E-state index contributed by atoms with van der Waals surface area (Å²) >= 11 is 0. The van der Waals surface area contributed by atoms with Gasteiger partial charge in [-0.3, -0.25) is 9.59 Å². The van der Waals surface area contributed by atoms with Crippen LogP contribution in [0.1, 0.15) is 201 Å². The summed E-state index contributed by atoms with van der Waals surface area (Å²) in [4.78, 5) is 24.2. The molecule has 4 fully saturated rings. The van der Waals surface area contributed by atoms with Crippen LogP contribution in [-0.4, -0.2) is 45.4 Å². The SMILES string of the molecule is CCCCCCCCCCCCCCCCCCCC(=O)N[C@H]1CCC2(C)C(C1)C[C@H](O)C1C2C[C@@H](O)C2(C)C1CCC2[C@@H](C)CCC(=O)O. The Bertz CT molecular complexity index is 1020. The highest BCUT2D eigenvalue weighted by molar-refractivity contribution is 5.76. The molecular weight excluding hydrogens is 622 g/mol. The molecule has 290 valence electrons. The molecule has 4 N–H and O–H groups in total. The zero-order valence-corrected chi connectivity index (χ0v) is 32.9. The summed E-state index contributed by atoms with van der Waals surface area (Å²) in [6.45, 7) is 9.13. The lowest BCUT2D eigenvalue weighted by Gasteiger charge is -2.63. The van der Waals surface area contributed by atoms with Crippen molar-refractivity contribution in [2.75, 3.05) is 0 Å². The number of carboxylic acid groups (broad SMARTS) is 1. The molecule has 0 aliphatic heterocycles. The van der Waals surface area contributed by atoms with Crippen molar-refractivity contribution in [2.24, 2.45) is 46.3 Å². The second-order valence-electron chi connectivity index (χ2n) is 18.5. The Labute approximate surface area is 307 Å². The topological polar surface area (TPSA) is 107 Å². The van der Waals surface area contributed by atoms with Crippen LogP contribution in [0, 0.1) is 46.3 Å². The maximum atomic E-state index is 13.0. The summed E-state index contributed by atoms with van der Waals surface area (Å²) < 4.78 is 0. The number of aliphatic hydroxyl groups excluding tert-OH is 2. The van der Waals surface area contributed by atoms with Crippen molar-refractivity contribution in [3.63, 3.8) is 0 Å². The third-order valence-corrected chi connectivity index (χ3v) is 15.2. The van der Waals surface area contributed by atoms with Crippen LogP contribution >= 0.6 is 0 Å². The molecule has 0 bridgehead atoms. The Kier molecular flexibility index (Phi) is 16.9. The van der Waals surface area contributed by atoms with E-state index in [2.05, 4.69) is 33.0 Å². The first kappa shape index (κ1) is 41.6. The molecule has 4 rings (SSSR count). The number of carbonyl (C=O) groups is 2. The van der Waals surface area contributed by atoms with Crippen molar-refractivity contribution >= 4 is 11.9 Å². The van der Waals surface area contributed by atoms with E-state index in [0.29, 0.717) is 30.6 Å². The first-order valence-electron chi connectivity index (χ1n) is 21.9. The molecule has 1 amide bonds. The van der Waals surface area contributed by atoms with Crippen molar-refractivity contribution in [3.05, 3.63) is 0 Å². The van der Waals surface area contributed by atoms with Crippen LogP contribution in [-0.2, 0) is 9.59 Å². The Morgan fingerprint density at radius 3 is 1.84 bits per heavy atom. The number of aliphatic carboxylic acids is 1. The fraction of sp³-hybridized carbons (Fsp3) is 0.955. The van der Waals surface area contributed by atoms with E-state index >= 15 is 0 Å². The first-order chi connectivity index (χ1) is 24.0. The Morgan fingerprint density at radius 2 is 1.28 bits per heavy atom. The average molecular weight is 702 g/mol. The van der Waals surface area contributed by atoms with Gasteiger partial charge in [-0.15, -0.1) is 0 Å². The lowest BCUT2D eigenvalue weighted by molar-refractivity contribution is -0.202. The Morgan fingerprint density at radius 1 is 0.720 bits per heavy atom. The molecule has 0 aromatic carbocycles. The van der Waals surface area contributed by atoms with E-state index in [4.69, 9.17) is 0 Å². The van der Waals surface area contributed by atoms with Gasteiger partial charge < -0.3 is 20.6 Å². The zero-order chi connectivity index (χ0) is 36.1. The predicted octanol–water partition coefficient (Wildman–Crippen LogP) is 10.6. The minimum Gasteiger partial charge on any atom is -0.481 e. The highest BCUT2D eigenvalue weighted by Gasteiger charge is 2.65. The largest absolute Gasteiger partial charge is 0.481 e. The standard InChI is InChI=1S/C44H79NO5/c1-5-6-7-8-9-10-11-12-13-14-15-16-17-18-19-20-21-22-40(48)45-34-27-28-43(3)33(29-34)30-38(46)42-36-25-24-35(32(2)23-26-41(49)50)44(36,4)39(47)31-37(42)43/h32-39,42,46-47H,5-31H2,1-4H3,(H,45,48)(H,49,50)/t32-,33?,34-,35?,36?,37?,38-,39+,42?,43?,44?/m0/s1. The molecule has 6 nitrogen and oxygen atoms in total. The summed E-state index contributed by atoms with van der Waals surface area (Å²) in [5.74, 6) is 1.14. The normalized spacial score (nSPS) is 35.6. The second-order valence-corrected chi connectivity index (χ2v) is 18.5. The summed E-state index contributed by atoms with van der Waals surface area (Å²) in [7, 11) is 0. The predicted molar refractivity (Wildman–Crippen MR) is 205 cm³/mol. The molecule has 50 heavy (non-hydrogen) atoms. The van der Waals surface area contributed by atoms with E-state index in [9.17, 15) is 24.9 Å². The highest BCUT2D eigenvalue weighted by atomic mass is 16.4. The van der Waals surface area contributed by atoms with Crippen LogP contribution in [0.3, 0.4) is 0 Å². The molecule has 11 atom stereocenters. The van der Waals surface area contributed by atoms with E-state index < -0.39 is 12.1 Å². The van der Waals surface area contributed by atoms with Crippen molar-refractivity contribution < 1.29 is 24.9 Å². The van der Waals surface area contributed by atoms with E-state index in [0.717, 1.165) is 57.8 Å². The average Bonchev–Trinajstić information content (AvgIpc) is 3.44. The van der Waals surface area contributed by atoms with Gasteiger partial charge in [0.15, 0.2) is 0 Å². The molecule has 0 aromatic heterocycles. The quantitative estimate of drug-likeness (QED) is 0.0794. The van der Waals surface area contributed by atoms with Gasteiger partial charge in [0.05, 0.1) is 12.2 Å². The fourth-order valence-electron chi connectivity index (χ4n) is 12.1. The lowest BCUT2D eigenvalue weighted by Crippen LogP contribution is -2.63. The minimum atomic E-state index is -0.746. The summed E-state index contributed by atoms with van der Waals surface area (Å²) in [5.41, 5.74) is -0.186. The molecule has 4 aliphatic rings. The molecule has 6 heteroatoms. The lowest BCUT2D eigenvalue weighted by atomic mass is 9.43. The van der Waals surface area contributed by atoms with E-state index in [1.54, 1.807) is 0 Å². The van der Waals surface area contributed by atoms with Crippen LogP contribution in [0.2, 0.25) is 0 Å². The van der Waals surface area contributed by atoms with Crippen molar-refractivity contribution in [3.8, 4) is 0 Å². The van der Waals surface area contributed by atoms with Gasteiger partial charge in [-0.1, -0.05) is 130 Å². The molecule has 0 saturated heterocycles. The van der Waals surface area contributed by atoms with Gasteiger partial charge in [-0.05, 0) is 104 Å². The number of amides is 1. The molecule has 7 unspecified atom stereocenters. The number of carboxylic acids is 1. The molecule has 0 aromatic rings. The minimum absolute atomic E-state index is 0.0774. The van der Waals surface area contributed by atoms with Gasteiger partial charge in [-0.2, -0.15) is 0 Å². The Balaban J connectivity index is 1.10. The summed E-state index contributed by atoms with van der Waals surface area (Å²) in [6, 6.07) is 0.194. The molecule has 0 radical (unpaired) electrons. The maximum absolute atomic E-state index is 13.0. The van der Waals surface area contributed by atoms with Crippen LogP contribution in [0.25, 0.3) is 0 Å². The maximum Gasteiger partial charge on any atom is 0.303 e. The Hall–Kier alpha value is -1.14. The summed E-state index contributed by atoms with van der Waals surface area (Å²) in [6.07, 6.45) is 30.1.